The van der Waals surface area contributed by atoms with E-state index in [0.29, 0.717) is 0 Å². The van der Waals surface area contributed by atoms with Crippen molar-refractivity contribution in [2.45, 2.75) is 6.92 Å². The lowest BCUT2D eigenvalue weighted by atomic mass is 10.2. The molecular formula is C10H8Br2N2. The number of nitrogens with zero attached hydrogens (tertiary/aromatic N) is 2. The molecule has 2 aromatic rings. The van der Waals surface area contributed by atoms with Crippen LogP contribution in [0.2, 0.25) is 0 Å². The highest BCUT2D eigenvalue weighted by Crippen LogP contribution is 2.27. The van der Waals surface area contributed by atoms with Crippen molar-refractivity contribution in [2.75, 3.05) is 0 Å². The molecule has 0 aliphatic heterocycles. The van der Waals surface area contributed by atoms with E-state index in [1.807, 2.05) is 10.8 Å². The monoisotopic (exact) mass is 314 g/mol. The lowest BCUT2D eigenvalue weighted by Gasteiger charge is -2.07. The van der Waals surface area contributed by atoms with Crippen LogP contribution in [0.25, 0.3) is 5.69 Å². The summed E-state index contributed by atoms with van der Waals surface area (Å²) in [5, 5.41) is 0. The Morgan fingerprint density at radius 3 is 2.36 bits per heavy atom. The molecule has 0 radical (unpaired) electrons. The van der Waals surface area contributed by atoms with Gasteiger partial charge in [-0.05, 0) is 24.6 Å². The molecule has 4 heteroatoms. The number of benzene rings is 1. The van der Waals surface area contributed by atoms with E-state index in [0.717, 1.165) is 14.6 Å². The maximum absolute atomic E-state index is 4.01. The molecule has 2 rings (SSSR count). The topological polar surface area (TPSA) is 17.8 Å². The van der Waals surface area contributed by atoms with Gasteiger partial charge in [0.15, 0.2) is 0 Å². The van der Waals surface area contributed by atoms with E-state index in [2.05, 4.69) is 55.9 Å². The van der Waals surface area contributed by atoms with E-state index in [9.17, 15) is 0 Å². The lowest BCUT2D eigenvalue weighted by molar-refractivity contribution is 1.05. The van der Waals surface area contributed by atoms with Crippen molar-refractivity contribution in [3.8, 4) is 5.69 Å². The van der Waals surface area contributed by atoms with Gasteiger partial charge in [-0.3, -0.25) is 0 Å². The van der Waals surface area contributed by atoms with Gasteiger partial charge in [-0.25, -0.2) is 4.98 Å². The molecule has 0 spiro atoms. The number of imidazole rings is 1. The van der Waals surface area contributed by atoms with Crippen LogP contribution in [0.1, 0.15) is 5.56 Å². The van der Waals surface area contributed by atoms with Gasteiger partial charge in [-0.1, -0.05) is 31.9 Å². The van der Waals surface area contributed by atoms with E-state index in [1.54, 1.807) is 12.5 Å². The molecule has 1 aromatic carbocycles. The van der Waals surface area contributed by atoms with Crippen LogP contribution >= 0.6 is 31.9 Å². The zero-order valence-electron chi connectivity index (χ0n) is 7.54. The van der Waals surface area contributed by atoms with Gasteiger partial charge in [0.05, 0.1) is 6.33 Å². The van der Waals surface area contributed by atoms with Crippen LogP contribution in [0.5, 0.6) is 0 Å². The molecule has 0 aliphatic carbocycles. The van der Waals surface area contributed by atoms with Crippen molar-refractivity contribution < 1.29 is 0 Å². The molecule has 0 saturated heterocycles. The summed E-state index contributed by atoms with van der Waals surface area (Å²) in [5.41, 5.74) is 2.29. The van der Waals surface area contributed by atoms with Gasteiger partial charge in [-0.15, -0.1) is 0 Å². The Bertz CT molecular complexity index is 426. The molecule has 14 heavy (non-hydrogen) atoms. The summed E-state index contributed by atoms with van der Waals surface area (Å²) in [5.74, 6) is 0. The Hall–Kier alpha value is -0.610. The fraction of sp³-hybridized carbons (Fsp3) is 0.100. The van der Waals surface area contributed by atoms with Crippen molar-refractivity contribution in [1.29, 1.82) is 0 Å². The van der Waals surface area contributed by atoms with Gasteiger partial charge in [-0.2, -0.15) is 0 Å². The summed E-state index contributed by atoms with van der Waals surface area (Å²) in [4.78, 5) is 4.01. The molecule has 1 heterocycles. The third-order valence-corrected chi connectivity index (χ3v) is 3.72. The molecule has 0 atom stereocenters. The SMILES string of the molecule is Cc1c(Br)cc(-n2ccnc2)cc1Br. The largest absolute Gasteiger partial charge is 0.306 e. The summed E-state index contributed by atoms with van der Waals surface area (Å²) >= 11 is 7.04. The lowest BCUT2D eigenvalue weighted by Crippen LogP contribution is -1.91. The van der Waals surface area contributed by atoms with Crippen molar-refractivity contribution in [2.24, 2.45) is 0 Å². The molecule has 0 aliphatic rings. The molecule has 1 aromatic heterocycles. The third-order valence-electron chi connectivity index (χ3n) is 2.07. The fourth-order valence-electron chi connectivity index (χ4n) is 1.19. The quantitative estimate of drug-likeness (QED) is 0.784. The minimum absolute atomic E-state index is 1.09. The van der Waals surface area contributed by atoms with E-state index < -0.39 is 0 Å². The first-order valence-electron chi connectivity index (χ1n) is 4.12. The average Bonchev–Trinajstić information content (AvgIpc) is 2.66. The summed E-state index contributed by atoms with van der Waals surface area (Å²) in [7, 11) is 0. The number of aromatic nitrogens is 2. The summed E-state index contributed by atoms with van der Waals surface area (Å²) < 4.78 is 4.15. The number of hydrogen-bond acceptors (Lipinski definition) is 1. The molecule has 0 N–H and O–H groups in total. The Morgan fingerprint density at radius 2 is 1.86 bits per heavy atom. The first-order valence-corrected chi connectivity index (χ1v) is 5.71. The predicted octanol–water partition coefficient (Wildman–Crippen LogP) is 3.71. The highest BCUT2D eigenvalue weighted by Gasteiger charge is 2.03. The molecule has 2 nitrogen and oxygen atoms in total. The first kappa shape index (κ1) is 9.93. The van der Waals surface area contributed by atoms with E-state index in [4.69, 9.17) is 0 Å². The molecule has 0 amide bonds. The van der Waals surface area contributed by atoms with Crippen LogP contribution < -0.4 is 0 Å². The highest BCUT2D eigenvalue weighted by molar-refractivity contribution is 9.11. The van der Waals surface area contributed by atoms with Crippen molar-refractivity contribution >= 4 is 31.9 Å². The standard InChI is InChI=1S/C10H8Br2N2/c1-7-9(11)4-8(5-10(7)12)14-3-2-13-6-14/h2-6H,1H3. The maximum Gasteiger partial charge on any atom is 0.0991 e. The smallest absolute Gasteiger partial charge is 0.0991 e. The highest BCUT2D eigenvalue weighted by atomic mass is 79.9. The van der Waals surface area contributed by atoms with Crippen LogP contribution in [-0.2, 0) is 0 Å². The van der Waals surface area contributed by atoms with Gasteiger partial charge in [0, 0.05) is 27.0 Å². The van der Waals surface area contributed by atoms with Crippen LogP contribution in [0.4, 0.5) is 0 Å². The van der Waals surface area contributed by atoms with Crippen LogP contribution in [0, 0.1) is 6.92 Å². The fourth-order valence-corrected chi connectivity index (χ4v) is 2.36. The Labute approximate surface area is 99.2 Å². The summed E-state index contributed by atoms with van der Waals surface area (Å²) in [6, 6.07) is 4.14. The number of hydrogen-bond donors (Lipinski definition) is 0. The molecule has 0 fully saturated rings. The number of halogens is 2. The third kappa shape index (κ3) is 1.77. The van der Waals surface area contributed by atoms with Gasteiger partial charge in [0.2, 0.25) is 0 Å². The maximum atomic E-state index is 4.01. The average molecular weight is 316 g/mol. The van der Waals surface area contributed by atoms with Gasteiger partial charge < -0.3 is 4.57 Å². The minimum atomic E-state index is 1.09. The minimum Gasteiger partial charge on any atom is -0.306 e. The Morgan fingerprint density at radius 1 is 1.21 bits per heavy atom. The molecule has 72 valence electrons. The van der Waals surface area contributed by atoms with Gasteiger partial charge in [0.1, 0.15) is 0 Å². The predicted molar refractivity (Wildman–Crippen MR) is 63.7 cm³/mol. The Kier molecular flexibility index (Phi) is 2.74. The van der Waals surface area contributed by atoms with Crippen LogP contribution in [-0.4, -0.2) is 9.55 Å². The molecule has 0 unspecified atom stereocenters. The second kappa shape index (κ2) is 3.87. The van der Waals surface area contributed by atoms with Crippen LogP contribution in [0.3, 0.4) is 0 Å². The second-order valence-electron chi connectivity index (χ2n) is 3.00. The van der Waals surface area contributed by atoms with Gasteiger partial charge in [0.25, 0.3) is 0 Å². The van der Waals surface area contributed by atoms with E-state index in [1.165, 1.54) is 5.56 Å². The molecule has 0 saturated carbocycles. The zero-order valence-corrected chi connectivity index (χ0v) is 10.7. The Balaban J connectivity index is 2.57. The van der Waals surface area contributed by atoms with Crippen molar-refractivity contribution in [3.05, 3.63) is 45.4 Å². The second-order valence-corrected chi connectivity index (χ2v) is 4.71. The van der Waals surface area contributed by atoms with Crippen LogP contribution in [0.15, 0.2) is 39.8 Å². The molecule has 0 bridgehead atoms. The van der Waals surface area contributed by atoms with Crippen molar-refractivity contribution in [1.82, 2.24) is 9.55 Å². The summed E-state index contributed by atoms with van der Waals surface area (Å²) in [6.07, 6.45) is 5.47. The van der Waals surface area contributed by atoms with E-state index in [-0.39, 0.29) is 0 Å². The first-order chi connectivity index (χ1) is 6.68. The zero-order chi connectivity index (χ0) is 10.1. The van der Waals surface area contributed by atoms with E-state index >= 15 is 0 Å². The van der Waals surface area contributed by atoms with Gasteiger partial charge >= 0.3 is 0 Å². The number of rotatable bonds is 1. The van der Waals surface area contributed by atoms with Crippen molar-refractivity contribution in [3.63, 3.8) is 0 Å². The molecular weight excluding hydrogens is 308 g/mol. The normalized spacial score (nSPS) is 10.5. The summed E-state index contributed by atoms with van der Waals surface area (Å²) in [6.45, 7) is 2.06.